The SMILES string of the molecule is CC(C)(C)OC(=O)N1CCC[C@H](O[Si](C)(C)C(C)(C)C)[C@H]1CCCn1cnc2ccc(Br)cc21. The lowest BCUT2D eigenvalue weighted by atomic mass is 9.95. The van der Waals surface area contributed by atoms with Crippen LogP contribution in [0.5, 0.6) is 0 Å². The Balaban J connectivity index is 1.79. The molecule has 0 saturated carbocycles. The lowest BCUT2D eigenvalue weighted by Gasteiger charge is -2.47. The van der Waals surface area contributed by atoms with E-state index in [1.54, 1.807) is 0 Å². The highest BCUT2D eigenvalue weighted by Gasteiger charge is 2.44. The van der Waals surface area contributed by atoms with Crippen molar-refractivity contribution >= 4 is 41.4 Å². The van der Waals surface area contributed by atoms with Crippen LogP contribution in [0.25, 0.3) is 11.0 Å². The summed E-state index contributed by atoms with van der Waals surface area (Å²) in [7, 11) is -1.98. The molecule has 190 valence electrons. The molecule has 6 nitrogen and oxygen atoms in total. The van der Waals surface area contributed by atoms with Gasteiger partial charge in [0.2, 0.25) is 0 Å². The zero-order valence-corrected chi connectivity index (χ0v) is 24.7. The molecule has 2 atom stereocenters. The van der Waals surface area contributed by atoms with E-state index >= 15 is 0 Å². The summed E-state index contributed by atoms with van der Waals surface area (Å²) < 4.78 is 16.0. The number of halogens is 1. The molecule has 1 aliphatic rings. The Morgan fingerprint density at radius 2 is 1.91 bits per heavy atom. The summed E-state index contributed by atoms with van der Waals surface area (Å²) in [5.41, 5.74) is 1.60. The molecule has 2 aromatic rings. The van der Waals surface area contributed by atoms with Gasteiger partial charge in [0.05, 0.1) is 29.5 Å². The molecule has 1 amide bonds. The second-order valence-electron chi connectivity index (χ2n) is 12.0. The Hall–Kier alpha value is -1.38. The van der Waals surface area contributed by atoms with E-state index in [0.717, 1.165) is 54.3 Å². The van der Waals surface area contributed by atoms with Crippen LogP contribution in [0.3, 0.4) is 0 Å². The van der Waals surface area contributed by atoms with Crippen molar-refractivity contribution in [2.24, 2.45) is 0 Å². The highest BCUT2D eigenvalue weighted by molar-refractivity contribution is 9.10. The van der Waals surface area contributed by atoms with Crippen LogP contribution in [0.4, 0.5) is 4.79 Å². The van der Waals surface area contributed by atoms with Crippen molar-refractivity contribution in [1.29, 1.82) is 0 Å². The minimum Gasteiger partial charge on any atom is -0.444 e. The first-order valence-corrected chi connectivity index (χ1v) is 16.2. The number of nitrogens with zero attached hydrogens (tertiary/aromatic N) is 3. The van der Waals surface area contributed by atoms with E-state index in [9.17, 15) is 4.79 Å². The number of fused-ring (bicyclic) bond motifs is 1. The second kappa shape index (κ2) is 10.3. The third-order valence-electron chi connectivity index (χ3n) is 7.08. The highest BCUT2D eigenvalue weighted by Crippen LogP contribution is 2.40. The Bertz CT molecular complexity index is 993. The number of amides is 1. The number of piperidine rings is 1. The fraction of sp³-hybridized carbons (Fsp3) is 0.692. The first-order chi connectivity index (χ1) is 15.7. The Morgan fingerprint density at radius 3 is 2.56 bits per heavy atom. The summed E-state index contributed by atoms with van der Waals surface area (Å²) in [6.45, 7) is 18.7. The maximum absolute atomic E-state index is 13.2. The van der Waals surface area contributed by atoms with Gasteiger partial charge in [0.25, 0.3) is 0 Å². The van der Waals surface area contributed by atoms with E-state index < -0.39 is 13.9 Å². The van der Waals surface area contributed by atoms with Crippen LogP contribution in [0, 0.1) is 0 Å². The fourth-order valence-corrected chi connectivity index (χ4v) is 6.02. The quantitative estimate of drug-likeness (QED) is 0.351. The smallest absolute Gasteiger partial charge is 0.410 e. The van der Waals surface area contributed by atoms with Crippen molar-refractivity contribution in [2.75, 3.05) is 6.54 Å². The van der Waals surface area contributed by atoms with Gasteiger partial charge in [0.15, 0.2) is 8.32 Å². The van der Waals surface area contributed by atoms with Crippen LogP contribution in [0.15, 0.2) is 29.0 Å². The average Bonchev–Trinajstić information content (AvgIpc) is 3.08. The van der Waals surface area contributed by atoms with Gasteiger partial charge < -0.3 is 18.6 Å². The lowest BCUT2D eigenvalue weighted by molar-refractivity contribution is -0.0219. The van der Waals surface area contributed by atoms with Crippen LogP contribution < -0.4 is 0 Å². The summed E-state index contributed by atoms with van der Waals surface area (Å²) in [5.74, 6) is 0. The van der Waals surface area contributed by atoms with Crippen molar-refractivity contribution in [3.05, 3.63) is 29.0 Å². The second-order valence-corrected chi connectivity index (χ2v) is 17.7. The van der Waals surface area contributed by atoms with Gasteiger partial charge in [-0.3, -0.25) is 0 Å². The molecular weight excluding hydrogens is 510 g/mol. The average molecular weight is 553 g/mol. The van der Waals surface area contributed by atoms with Gasteiger partial charge >= 0.3 is 6.09 Å². The molecule has 0 spiro atoms. The number of likely N-dealkylation sites (tertiary alicyclic amines) is 1. The fourth-order valence-electron chi connectivity index (χ4n) is 4.28. The van der Waals surface area contributed by atoms with E-state index in [0.29, 0.717) is 0 Å². The minimum absolute atomic E-state index is 0.0132. The third-order valence-corrected chi connectivity index (χ3v) is 12.1. The molecule has 1 aliphatic heterocycles. The predicted octanol–water partition coefficient (Wildman–Crippen LogP) is 7.37. The molecule has 1 aromatic carbocycles. The molecule has 0 aliphatic carbocycles. The van der Waals surface area contributed by atoms with Gasteiger partial charge in [-0.15, -0.1) is 0 Å². The first-order valence-electron chi connectivity index (χ1n) is 12.5. The molecule has 2 heterocycles. The van der Waals surface area contributed by atoms with E-state index in [1.165, 1.54) is 0 Å². The molecular formula is C26H42BrN3O3Si. The number of ether oxygens (including phenoxy) is 1. The zero-order valence-electron chi connectivity index (χ0n) is 22.2. The van der Waals surface area contributed by atoms with Crippen molar-refractivity contribution in [2.45, 2.75) is 110 Å². The highest BCUT2D eigenvalue weighted by atomic mass is 79.9. The summed E-state index contributed by atoms with van der Waals surface area (Å²) in [5, 5.41) is 0.120. The topological polar surface area (TPSA) is 56.6 Å². The molecule has 0 N–H and O–H groups in total. The molecule has 0 radical (unpaired) electrons. The van der Waals surface area contributed by atoms with E-state index in [-0.39, 0.29) is 23.3 Å². The standard InChI is InChI=1S/C26H42BrN3O3Si/c1-25(2,3)32-24(31)30-16-10-12-23(33-34(7,8)26(4,5)6)21(30)11-9-15-29-18-28-20-14-13-19(27)17-22(20)29/h13-14,17-18,21,23H,9-12,15-16H2,1-8H3/t21-,23+/m1/s1. The number of carbonyl (C=O) groups excluding carboxylic acids is 1. The largest absolute Gasteiger partial charge is 0.444 e. The van der Waals surface area contributed by atoms with Crippen molar-refractivity contribution in [3.8, 4) is 0 Å². The van der Waals surface area contributed by atoms with Gasteiger partial charge in [0.1, 0.15) is 5.60 Å². The summed E-state index contributed by atoms with van der Waals surface area (Å²) in [4.78, 5) is 19.7. The van der Waals surface area contributed by atoms with Crippen LogP contribution in [0.1, 0.15) is 67.2 Å². The number of aromatic nitrogens is 2. The number of rotatable bonds is 6. The van der Waals surface area contributed by atoms with Crippen molar-refractivity contribution in [3.63, 3.8) is 0 Å². The number of aryl methyl sites for hydroxylation is 1. The monoisotopic (exact) mass is 551 g/mol. The first kappa shape index (κ1) is 27.2. The molecule has 3 rings (SSSR count). The number of benzene rings is 1. The number of carbonyl (C=O) groups is 1. The van der Waals surface area contributed by atoms with Gasteiger partial charge in [-0.2, -0.15) is 0 Å². The van der Waals surface area contributed by atoms with Gasteiger partial charge in [-0.25, -0.2) is 9.78 Å². The molecule has 1 fully saturated rings. The Morgan fingerprint density at radius 1 is 1.21 bits per heavy atom. The van der Waals surface area contributed by atoms with Gasteiger partial charge in [-0.05, 0) is 82.8 Å². The summed E-state index contributed by atoms with van der Waals surface area (Å²) in [6.07, 6.45) is 5.44. The maximum Gasteiger partial charge on any atom is 0.410 e. The molecule has 34 heavy (non-hydrogen) atoms. The maximum atomic E-state index is 13.2. The minimum atomic E-state index is -1.98. The van der Waals surface area contributed by atoms with Crippen LogP contribution in [-0.4, -0.2) is 53.2 Å². The van der Waals surface area contributed by atoms with E-state index in [4.69, 9.17) is 9.16 Å². The van der Waals surface area contributed by atoms with Crippen molar-refractivity contribution in [1.82, 2.24) is 14.5 Å². The van der Waals surface area contributed by atoms with Gasteiger partial charge in [-0.1, -0.05) is 36.7 Å². The Kier molecular flexibility index (Phi) is 8.25. The lowest BCUT2D eigenvalue weighted by Crippen LogP contribution is -2.56. The van der Waals surface area contributed by atoms with Gasteiger partial charge in [0, 0.05) is 17.6 Å². The third kappa shape index (κ3) is 6.64. The summed E-state index contributed by atoms with van der Waals surface area (Å²) >= 11 is 3.57. The molecule has 0 unspecified atom stereocenters. The zero-order chi connectivity index (χ0) is 25.3. The van der Waals surface area contributed by atoms with Crippen LogP contribution in [0.2, 0.25) is 18.1 Å². The number of hydrogen-bond donors (Lipinski definition) is 0. The molecule has 8 heteroatoms. The molecule has 0 bridgehead atoms. The summed E-state index contributed by atoms with van der Waals surface area (Å²) in [6, 6.07) is 6.17. The van der Waals surface area contributed by atoms with Crippen LogP contribution in [-0.2, 0) is 15.7 Å². The number of hydrogen-bond acceptors (Lipinski definition) is 4. The predicted molar refractivity (Wildman–Crippen MR) is 145 cm³/mol. The van der Waals surface area contributed by atoms with Crippen LogP contribution >= 0.6 is 15.9 Å². The number of imidazole rings is 1. The van der Waals surface area contributed by atoms with E-state index in [2.05, 4.69) is 65.4 Å². The normalized spacial score (nSPS) is 20.1. The Labute approximate surface area is 214 Å². The molecule has 1 saturated heterocycles. The molecule has 1 aromatic heterocycles. The van der Waals surface area contributed by atoms with Crippen molar-refractivity contribution < 1.29 is 14.0 Å². The van der Waals surface area contributed by atoms with E-state index in [1.807, 2.05) is 44.1 Å².